The van der Waals surface area contributed by atoms with Gasteiger partial charge in [0.15, 0.2) is 0 Å². The predicted octanol–water partition coefficient (Wildman–Crippen LogP) is 3.77. The van der Waals surface area contributed by atoms with Crippen LogP contribution < -0.4 is 19.7 Å². The Morgan fingerprint density at radius 2 is 2.13 bits per heavy atom. The summed E-state index contributed by atoms with van der Waals surface area (Å²) in [6, 6.07) is 11.2. The van der Waals surface area contributed by atoms with Crippen molar-refractivity contribution >= 4 is 34.5 Å². The van der Waals surface area contributed by atoms with Gasteiger partial charge in [0, 0.05) is 36.3 Å². The number of nitrogens with zero attached hydrogens (tertiary/aromatic N) is 2. The molecule has 1 aliphatic rings. The number of aromatic nitrogens is 2. The molecule has 7 nitrogen and oxygen atoms in total. The van der Waals surface area contributed by atoms with E-state index in [0.29, 0.717) is 23.9 Å². The van der Waals surface area contributed by atoms with Crippen molar-refractivity contribution in [1.82, 2.24) is 15.3 Å². The molecule has 1 atom stereocenters. The second kappa shape index (κ2) is 8.83. The van der Waals surface area contributed by atoms with Crippen LogP contribution in [-0.4, -0.2) is 43.2 Å². The number of anilines is 1. The standard InChI is InChI=1S/C22H25ClN4O3/c1-29-17-7-5-14(20(11-17)30-2)12-24-21(28)15-4-3-9-27(13-15)22-25-18-8-6-16(23)10-19(18)26-22/h5-8,10-11,15H,3-4,9,12-13H2,1-2H3,(H,24,28)(H,25,26)/t15-/m0/s1. The molecule has 3 aromatic rings. The largest absolute Gasteiger partial charge is 0.497 e. The predicted molar refractivity (Wildman–Crippen MR) is 117 cm³/mol. The van der Waals surface area contributed by atoms with E-state index in [1.807, 2.05) is 36.4 Å². The number of carbonyl (C=O) groups is 1. The first kappa shape index (κ1) is 20.3. The van der Waals surface area contributed by atoms with Gasteiger partial charge in [-0.15, -0.1) is 0 Å². The zero-order valence-electron chi connectivity index (χ0n) is 17.1. The number of benzene rings is 2. The lowest BCUT2D eigenvalue weighted by molar-refractivity contribution is -0.125. The van der Waals surface area contributed by atoms with E-state index >= 15 is 0 Å². The molecule has 30 heavy (non-hydrogen) atoms. The number of halogens is 1. The third kappa shape index (κ3) is 4.31. The van der Waals surface area contributed by atoms with E-state index in [2.05, 4.69) is 20.2 Å². The summed E-state index contributed by atoms with van der Waals surface area (Å²) in [5, 5.41) is 3.72. The summed E-state index contributed by atoms with van der Waals surface area (Å²) in [5.41, 5.74) is 2.68. The van der Waals surface area contributed by atoms with Crippen LogP contribution in [0.25, 0.3) is 11.0 Å². The number of methoxy groups -OCH3 is 2. The summed E-state index contributed by atoms with van der Waals surface area (Å²) in [6.45, 7) is 1.90. The lowest BCUT2D eigenvalue weighted by Crippen LogP contribution is -2.43. The normalized spacial score (nSPS) is 16.5. The second-order valence-electron chi connectivity index (χ2n) is 7.40. The molecule has 0 saturated carbocycles. The first-order chi connectivity index (χ1) is 14.6. The average Bonchev–Trinajstić information content (AvgIpc) is 3.20. The van der Waals surface area contributed by atoms with Gasteiger partial charge < -0.3 is 24.7 Å². The Morgan fingerprint density at radius 1 is 1.27 bits per heavy atom. The molecule has 158 valence electrons. The van der Waals surface area contributed by atoms with Gasteiger partial charge in [0.25, 0.3) is 0 Å². The van der Waals surface area contributed by atoms with Gasteiger partial charge in [0.2, 0.25) is 11.9 Å². The van der Waals surface area contributed by atoms with Crippen LogP contribution in [0.4, 0.5) is 5.95 Å². The number of amides is 1. The number of nitrogens with one attached hydrogen (secondary N) is 2. The summed E-state index contributed by atoms with van der Waals surface area (Å²) in [7, 11) is 3.22. The number of piperidine rings is 1. The molecule has 0 aliphatic carbocycles. The number of fused-ring (bicyclic) bond motifs is 1. The third-order valence-corrected chi connectivity index (χ3v) is 5.71. The maximum absolute atomic E-state index is 12.8. The number of H-pyrrole nitrogens is 1. The lowest BCUT2D eigenvalue weighted by Gasteiger charge is -2.31. The van der Waals surface area contributed by atoms with Crippen LogP contribution in [-0.2, 0) is 11.3 Å². The Kier molecular flexibility index (Phi) is 5.99. The average molecular weight is 429 g/mol. The van der Waals surface area contributed by atoms with E-state index < -0.39 is 0 Å². The minimum absolute atomic E-state index is 0.0386. The van der Waals surface area contributed by atoms with Crippen molar-refractivity contribution < 1.29 is 14.3 Å². The first-order valence-corrected chi connectivity index (χ1v) is 10.3. The fraction of sp³-hybridized carbons (Fsp3) is 0.364. The van der Waals surface area contributed by atoms with E-state index in [0.717, 1.165) is 47.7 Å². The Hall–Kier alpha value is -2.93. The van der Waals surface area contributed by atoms with Gasteiger partial charge in [-0.25, -0.2) is 4.98 Å². The van der Waals surface area contributed by atoms with Crippen LogP contribution in [0.3, 0.4) is 0 Å². The SMILES string of the molecule is COc1ccc(CNC(=O)[C@H]2CCCN(c3nc4ccc(Cl)cc4[nH]3)C2)c(OC)c1. The summed E-state index contributed by atoms with van der Waals surface area (Å²) in [5.74, 6) is 2.14. The van der Waals surface area contributed by atoms with Crippen molar-refractivity contribution in [2.45, 2.75) is 19.4 Å². The monoisotopic (exact) mass is 428 g/mol. The quantitative estimate of drug-likeness (QED) is 0.624. The van der Waals surface area contributed by atoms with Crippen LogP contribution in [0.1, 0.15) is 18.4 Å². The maximum Gasteiger partial charge on any atom is 0.225 e. The number of aromatic amines is 1. The van der Waals surface area contributed by atoms with Crippen LogP contribution in [0, 0.1) is 5.92 Å². The summed E-state index contributed by atoms with van der Waals surface area (Å²) in [4.78, 5) is 22.9. The molecule has 2 aromatic carbocycles. The van der Waals surface area contributed by atoms with Gasteiger partial charge in [-0.2, -0.15) is 0 Å². The van der Waals surface area contributed by atoms with E-state index in [1.165, 1.54) is 0 Å². The summed E-state index contributed by atoms with van der Waals surface area (Å²) < 4.78 is 10.6. The lowest BCUT2D eigenvalue weighted by atomic mass is 9.97. The van der Waals surface area contributed by atoms with E-state index in [4.69, 9.17) is 21.1 Å². The highest BCUT2D eigenvalue weighted by Crippen LogP contribution is 2.26. The number of imidazole rings is 1. The second-order valence-corrected chi connectivity index (χ2v) is 7.84. The van der Waals surface area contributed by atoms with Crippen molar-refractivity contribution in [3.63, 3.8) is 0 Å². The van der Waals surface area contributed by atoms with Crippen molar-refractivity contribution in [2.24, 2.45) is 5.92 Å². The molecule has 0 bridgehead atoms. The van der Waals surface area contributed by atoms with Crippen molar-refractivity contribution in [1.29, 1.82) is 0 Å². The van der Waals surface area contributed by atoms with Crippen LogP contribution in [0.5, 0.6) is 11.5 Å². The molecule has 1 saturated heterocycles. The van der Waals surface area contributed by atoms with E-state index in [1.54, 1.807) is 14.2 Å². The number of hydrogen-bond donors (Lipinski definition) is 2. The molecule has 1 fully saturated rings. The van der Waals surface area contributed by atoms with Crippen molar-refractivity contribution in [3.05, 3.63) is 47.0 Å². The van der Waals surface area contributed by atoms with Crippen LogP contribution in [0.15, 0.2) is 36.4 Å². The Morgan fingerprint density at radius 3 is 2.93 bits per heavy atom. The topological polar surface area (TPSA) is 79.5 Å². The van der Waals surface area contributed by atoms with Crippen LogP contribution >= 0.6 is 11.6 Å². The smallest absolute Gasteiger partial charge is 0.225 e. The number of ether oxygens (including phenoxy) is 2. The molecular weight excluding hydrogens is 404 g/mol. The molecule has 4 rings (SSSR count). The minimum Gasteiger partial charge on any atom is -0.497 e. The summed E-state index contributed by atoms with van der Waals surface area (Å²) in [6.07, 6.45) is 1.79. The van der Waals surface area contributed by atoms with Gasteiger partial charge >= 0.3 is 0 Å². The maximum atomic E-state index is 12.8. The highest BCUT2D eigenvalue weighted by atomic mass is 35.5. The van der Waals surface area contributed by atoms with E-state index in [-0.39, 0.29) is 11.8 Å². The number of hydrogen-bond acceptors (Lipinski definition) is 5. The Bertz CT molecular complexity index is 1050. The van der Waals surface area contributed by atoms with Gasteiger partial charge in [-0.05, 0) is 43.2 Å². The fourth-order valence-corrected chi connectivity index (χ4v) is 4.00. The molecule has 0 spiro atoms. The molecule has 2 N–H and O–H groups in total. The third-order valence-electron chi connectivity index (χ3n) is 5.47. The fourth-order valence-electron chi connectivity index (χ4n) is 3.83. The molecule has 1 aliphatic heterocycles. The Balaban J connectivity index is 1.41. The highest BCUT2D eigenvalue weighted by Gasteiger charge is 2.27. The van der Waals surface area contributed by atoms with Crippen molar-refractivity contribution in [3.8, 4) is 11.5 Å². The van der Waals surface area contributed by atoms with Crippen molar-refractivity contribution in [2.75, 3.05) is 32.2 Å². The summed E-state index contributed by atoms with van der Waals surface area (Å²) >= 11 is 6.07. The highest BCUT2D eigenvalue weighted by molar-refractivity contribution is 6.31. The van der Waals surface area contributed by atoms with Gasteiger partial charge in [-0.3, -0.25) is 4.79 Å². The van der Waals surface area contributed by atoms with Gasteiger partial charge in [0.1, 0.15) is 11.5 Å². The number of carbonyl (C=O) groups excluding carboxylic acids is 1. The first-order valence-electron chi connectivity index (χ1n) is 9.96. The minimum atomic E-state index is -0.0974. The molecular formula is C22H25ClN4O3. The zero-order valence-corrected chi connectivity index (χ0v) is 17.8. The molecule has 1 amide bonds. The molecule has 2 heterocycles. The zero-order chi connectivity index (χ0) is 21.1. The van der Waals surface area contributed by atoms with Gasteiger partial charge in [0.05, 0.1) is 31.2 Å². The molecule has 0 radical (unpaired) electrons. The molecule has 0 unspecified atom stereocenters. The molecule has 8 heteroatoms. The number of rotatable bonds is 6. The van der Waals surface area contributed by atoms with Crippen LogP contribution in [0.2, 0.25) is 5.02 Å². The Labute approximate surface area is 180 Å². The van der Waals surface area contributed by atoms with E-state index in [9.17, 15) is 4.79 Å². The van der Waals surface area contributed by atoms with Gasteiger partial charge in [-0.1, -0.05) is 11.6 Å². The molecule has 1 aromatic heterocycles.